The third-order valence-corrected chi connectivity index (χ3v) is 10.0. The Kier molecular flexibility index (Phi) is 17.1. The number of aliphatic hydroxyl groups excluding tert-OH is 2. The second-order valence-electron chi connectivity index (χ2n) is 13.6. The van der Waals surface area contributed by atoms with Gasteiger partial charge in [0, 0.05) is 38.4 Å². The first-order valence-corrected chi connectivity index (χ1v) is 18.4. The van der Waals surface area contributed by atoms with Gasteiger partial charge in [0.15, 0.2) is 0 Å². The molecule has 1 saturated carbocycles. The maximum atomic E-state index is 14.2. The number of thiazole rings is 1. The highest BCUT2D eigenvalue weighted by Crippen LogP contribution is 2.29. The maximum absolute atomic E-state index is 14.2. The Morgan fingerprint density at radius 1 is 1.04 bits per heavy atom. The summed E-state index contributed by atoms with van der Waals surface area (Å²) in [6, 6.07) is 6.68. The van der Waals surface area contributed by atoms with Crippen LogP contribution in [0.5, 0.6) is 0 Å². The molecule has 1 aliphatic rings. The number of benzene rings is 1. The molecule has 14 heteroatoms. The van der Waals surface area contributed by atoms with Gasteiger partial charge in [0.25, 0.3) is 0 Å². The van der Waals surface area contributed by atoms with Crippen molar-refractivity contribution in [2.24, 2.45) is 11.8 Å². The second-order valence-corrected chi connectivity index (χ2v) is 14.3. The summed E-state index contributed by atoms with van der Waals surface area (Å²) in [4.78, 5) is 48.4. The number of halogens is 3. The highest BCUT2D eigenvalue weighted by Gasteiger charge is 2.38. The summed E-state index contributed by atoms with van der Waals surface area (Å²) in [5, 5.41) is 29.1. The number of carbonyl (C=O) groups is 3. The molecule has 4 unspecified atom stereocenters. The van der Waals surface area contributed by atoms with E-state index in [1.165, 1.54) is 30.3 Å². The number of alkyl halides is 3. The molecule has 10 nitrogen and oxygen atoms in total. The molecule has 3 rings (SSSR count). The summed E-state index contributed by atoms with van der Waals surface area (Å²) < 4.78 is 38.5. The lowest BCUT2D eigenvalue weighted by molar-refractivity contribution is -0.144. The number of carbonyl (C=O) groups excluding carboxylic acids is 3. The largest absolute Gasteiger partial charge is 0.401 e. The minimum atomic E-state index is -4.39. The summed E-state index contributed by atoms with van der Waals surface area (Å²) in [6.45, 7) is -1.18. The van der Waals surface area contributed by atoms with Crippen molar-refractivity contribution < 1.29 is 37.8 Å². The number of nitrogens with zero attached hydrogens (tertiary/aromatic N) is 3. The molecule has 1 aromatic heterocycles. The van der Waals surface area contributed by atoms with E-state index in [-0.39, 0.29) is 38.3 Å². The van der Waals surface area contributed by atoms with Crippen LogP contribution >= 0.6 is 11.3 Å². The molecule has 1 heterocycles. The lowest BCUT2D eigenvalue weighted by Gasteiger charge is -2.34. The predicted octanol–water partition coefficient (Wildman–Crippen LogP) is 3.75. The standard InChI is InChI=1S/C38H50F3N5O5S/c1-5-13-32(47)35(49)30(21-27-16-11-8-12-17-27)43-37(51)34(29(6-2)31-23-52-25-42-31)44-36(50)28(20-26-14-9-7-10-15-26)22-33(48)46(4)19-18-45(3)24-38(39,40)41/h1-2,7,9-10,14-15,23,25,27-30,32,34-35,47,49H,8,11-13,16-22,24H2,3-4H3,(H,43,51)(H,44,50)/t28?,29?,30?,32?,34-,35+/m0/s1. The molecule has 52 heavy (non-hydrogen) atoms. The molecule has 1 fully saturated rings. The van der Waals surface area contributed by atoms with Gasteiger partial charge in [-0.15, -0.1) is 30.1 Å². The zero-order chi connectivity index (χ0) is 38.3. The van der Waals surface area contributed by atoms with Crippen LogP contribution in [0.2, 0.25) is 0 Å². The van der Waals surface area contributed by atoms with Gasteiger partial charge < -0.3 is 25.7 Å². The second kappa shape index (κ2) is 20.9. The van der Waals surface area contributed by atoms with E-state index < -0.39 is 66.6 Å². The maximum Gasteiger partial charge on any atom is 0.401 e. The number of terminal acetylenes is 2. The first-order valence-electron chi connectivity index (χ1n) is 17.5. The van der Waals surface area contributed by atoms with E-state index in [1.54, 1.807) is 41.2 Å². The molecule has 1 aromatic carbocycles. The van der Waals surface area contributed by atoms with Gasteiger partial charge in [-0.2, -0.15) is 13.2 Å². The van der Waals surface area contributed by atoms with E-state index in [1.807, 2.05) is 0 Å². The number of hydrogen-bond acceptors (Lipinski definition) is 8. The van der Waals surface area contributed by atoms with Crippen molar-refractivity contribution in [2.45, 2.75) is 94.2 Å². The van der Waals surface area contributed by atoms with Gasteiger partial charge in [-0.3, -0.25) is 19.3 Å². The van der Waals surface area contributed by atoms with Crippen LogP contribution in [0.3, 0.4) is 0 Å². The fourth-order valence-corrected chi connectivity index (χ4v) is 7.09. The van der Waals surface area contributed by atoms with Gasteiger partial charge in [0.05, 0.1) is 41.7 Å². The molecule has 1 aliphatic carbocycles. The zero-order valence-electron chi connectivity index (χ0n) is 29.7. The Hall–Kier alpha value is -3.95. The van der Waals surface area contributed by atoms with Gasteiger partial charge >= 0.3 is 6.18 Å². The number of likely N-dealkylation sites (N-methyl/N-ethyl adjacent to an activating group) is 2. The molecule has 0 spiro atoms. The third kappa shape index (κ3) is 13.9. The fourth-order valence-electron chi connectivity index (χ4n) is 6.50. The summed E-state index contributed by atoms with van der Waals surface area (Å²) in [5.41, 5.74) is 2.65. The normalized spacial score (nSPS) is 17.1. The molecule has 2 aromatic rings. The fraction of sp³-hybridized carbons (Fsp3) is 0.579. The van der Waals surface area contributed by atoms with Crippen molar-refractivity contribution in [1.82, 2.24) is 25.4 Å². The number of aliphatic hydroxyl groups is 2. The highest BCUT2D eigenvalue weighted by molar-refractivity contribution is 7.07. The Bertz CT molecular complexity index is 1490. The van der Waals surface area contributed by atoms with Gasteiger partial charge in [0.2, 0.25) is 17.7 Å². The van der Waals surface area contributed by atoms with Gasteiger partial charge in [-0.1, -0.05) is 68.4 Å². The first-order chi connectivity index (χ1) is 24.7. The quantitative estimate of drug-likeness (QED) is 0.161. The summed E-state index contributed by atoms with van der Waals surface area (Å²) >= 11 is 1.25. The molecule has 284 valence electrons. The number of hydrogen-bond donors (Lipinski definition) is 4. The summed E-state index contributed by atoms with van der Waals surface area (Å²) in [7, 11) is 2.77. The van der Waals surface area contributed by atoms with Crippen LogP contribution in [0.1, 0.15) is 68.5 Å². The Labute approximate surface area is 308 Å². The lowest BCUT2D eigenvalue weighted by Crippen LogP contribution is -2.57. The Morgan fingerprint density at radius 2 is 1.73 bits per heavy atom. The summed E-state index contributed by atoms with van der Waals surface area (Å²) in [5.74, 6) is 1.27. The molecule has 0 bridgehead atoms. The smallest absolute Gasteiger partial charge is 0.389 e. The SMILES string of the molecule is C#CCC(O)[C@H](O)C(CC1CCCCC1)NC(=O)[C@@H](NC(=O)C(CC(=O)N(C)CCN(C)CC(F)(F)F)Cc1ccccc1)C(C#C)c1cscn1. The minimum Gasteiger partial charge on any atom is -0.389 e. The van der Waals surface area contributed by atoms with E-state index in [4.69, 9.17) is 12.8 Å². The zero-order valence-corrected chi connectivity index (χ0v) is 30.5. The van der Waals surface area contributed by atoms with Crippen LogP contribution in [0.15, 0.2) is 41.2 Å². The van der Waals surface area contributed by atoms with Crippen molar-refractivity contribution in [2.75, 3.05) is 33.7 Å². The molecule has 4 N–H and O–H groups in total. The number of amides is 3. The molecule has 0 saturated heterocycles. The Morgan fingerprint density at radius 3 is 2.33 bits per heavy atom. The molecule has 0 aliphatic heterocycles. The first kappa shape index (κ1) is 42.5. The third-order valence-electron chi connectivity index (χ3n) is 9.45. The van der Waals surface area contributed by atoms with Crippen molar-refractivity contribution in [3.05, 3.63) is 52.5 Å². The minimum absolute atomic E-state index is 0.00461. The van der Waals surface area contributed by atoms with Crippen LogP contribution in [0, 0.1) is 36.5 Å². The van der Waals surface area contributed by atoms with Crippen LogP contribution in [-0.4, -0.2) is 107 Å². The van der Waals surface area contributed by atoms with Gasteiger partial charge in [-0.25, -0.2) is 4.98 Å². The van der Waals surface area contributed by atoms with Gasteiger partial charge in [0.1, 0.15) is 12.1 Å². The van der Waals surface area contributed by atoms with Crippen molar-refractivity contribution in [3.63, 3.8) is 0 Å². The van der Waals surface area contributed by atoms with E-state index >= 15 is 0 Å². The van der Waals surface area contributed by atoms with Crippen molar-refractivity contribution in [1.29, 1.82) is 0 Å². The molecule has 3 amide bonds. The predicted molar refractivity (Wildman–Crippen MR) is 194 cm³/mol. The summed E-state index contributed by atoms with van der Waals surface area (Å²) in [6.07, 6.45) is 9.26. The molecular formula is C38H50F3N5O5S. The van der Waals surface area contributed by atoms with E-state index in [0.717, 1.165) is 42.6 Å². The topological polar surface area (TPSA) is 135 Å². The number of nitrogens with one attached hydrogen (secondary N) is 2. The van der Waals surface area contributed by atoms with Crippen LogP contribution < -0.4 is 10.6 Å². The molecular weight excluding hydrogens is 696 g/mol. The monoisotopic (exact) mass is 745 g/mol. The van der Waals surface area contributed by atoms with Crippen molar-refractivity contribution in [3.8, 4) is 24.7 Å². The van der Waals surface area contributed by atoms with Crippen molar-refractivity contribution >= 4 is 29.1 Å². The lowest BCUT2D eigenvalue weighted by atomic mass is 9.82. The number of aromatic nitrogens is 1. The molecule has 6 atom stereocenters. The van der Waals surface area contributed by atoms with Crippen LogP contribution in [-0.2, 0) is 20.8 Å². The van der Waals surface area contributed by atoms with Crippen LogP contribution in [0.4, 0.5) is 13.2 Å². The molecule has 0 radical (unpaired) electrons. The average molecular weight is 746 g/mol. The van der Waals surface area contributed by atoms with E-state index in [0.29, 0.717) is 12.1 Å². The van der Waals surface area contributed by atoms with E-state index in [2.05, 4.69) is 27.5 Å². The average Bonchev–Trinajstić information content (AvgIpc) is 3.64. The van der Waals surface area contributed by atoms with E-state index in [9.17, 15) is 37.8 Å². The highest BCUT2D eigenvalue weighted by atomic mass is 32.1. The Balaban J connectivity index is 1.88. The van der Waals surface area contributed by atoms with Crippen LogP contribution in [0.25, 0.3) is 0 Å². The van der Waals surface area contributed by atoms with Gasteiger partial charge in [-0.05, 0) is 31.4 Å². The number of rotatable bonds is 19.